The molecule has 4 N–H and O–H groups in total. The maximum Gasteiger partial charge on any atom is 0.270 e. The minimum Gasteiger partial charge on any atom is -0.508 e. The molecule has 0 radical (unpaired) electrons. The number of benzene rings is 2. The minimum absolute atomic E-state index is 0.0174. The van der Waals surface area contributed by atoms with Gasteiger partial charge in [0.2, 0.25) is 11.8 Å². The summed E-state index contributed by atoms with van der Waals surface area (Å²) < 4.78 is 27.8. The number of amides is 3. The van der Waals surface area contributed by atoms with E-state index >= 15 is 0 Å². The van der Waals surface area contributed by atoms with Gasteiger partial charge in [-0.15, -0.1) is 0 Å². The Balaban J connectivity index is 1.22. The number of rotatable bonds is 7. The van der Waals surface area contributed by atoms with Gasteiger partial charge in [-0.25, -0.2) is 13.8 Å². The predicted octanol–water partition coefficient (Wildman–Crippen LogP) is 3.00. The Labute approximate surface area is 235 Å². The van der Waals surface area contributed by atoms with Crippen LogP contribution in [0.2, 0.25) is 0 Å². The van der Waals surface area contributed by atoms with Gasteiger partial charge in [0, 0.05) is 23.9 Å². The molecule has 0 bridgehead atoms. The third kappa shape index (κ3) is 6.35. The standard InChI is InChI=1S/C30H31F2N5O4/c1-17(23-12-18(5-9-27(23)38)20-3-2-10-33-14-20)35-30(41)26-13-22(32)16-37(26)28(39)15-34-29(40)25-7-4-19-11-21(31)6-8-24(19)36-25/h3-9,11-12,17,22,26,33,38H,2,10,13-16H2,1H3,(H,34,40)(H,35,41)/t17-,22+,26?/m0/s1. The molecule has 5 rings (SSSR count). The van der Waals surface area contributed by atoms with E-state index in [0.29, 0.717) is 23.0 Å². The molecule has 0 spiro atoms. The number of hydrogen-bond donors (Lipinski definition) is 4. The zero-order valence-corrected chi connectivity index (χ0v) is 22.5. The first-order chi connectivity index (χ1) is 19.7. The second-order valence-electron chi connectivity index (χ2n) is 10.3. The van der Waals surface area contributed by atoms with Gasteiger partial charge >= 0.3 is 0 Å². The second-order valence-corrected chi connectivity index (χ2v) is 10.3. The van der Waals surface area contributed by atoms with Crippen LogP contribution < -0.4 is 16.0 Å². The van der Waals surface area contributed by atoms with Crippen LogP contribution in [-0.2, 0) is 9.59 Å². The van der Waals surface area contributed by atoms with Crippen LogP contribution in [0.4, 0.5) is 8.78 Å². The molecular weight excluding hydrogens is 532 g/mol. The Morgan fingerprint density at radius 3 is 2.78 bits per heavy atom. The number of likely N-dealkylation sites (tertiary alicyclic amines) is 1. The molecule has 0 aliphatic carbocycles. The number of nitrogens with one attached hydrogen (secondary N) is 3. The third-order valence-corrected chi connectivity index (χ3v) is 7.41. The number of carbonyl (C=O) groups is 3. The van der Waals surface area contributed by atoms with Crippen molar-refractivity contribution in [2.75, 3.05) is 26.2 Å². The molecule has 2 aliphatic heterocycles. The summed E-state index contributed by atoms with van der Waals surface area (Å²) in [6.45, 7) is 2.58. The summed E-state index contributed by atoms with van der Waals surface area (Å²) in [7, 11) is 0. The summed E-state index contributed by atoms with van der Waals surface area (Å²) in [6.07, 6.45) is 1.46. The number of alkyl halides is 1. The van der Waals surface area contributed by atoms with Gasteiger partial charge in [0.15, 0.2) is 0 Å². The predicted molar refractivity (Wildman–Crippen MR) is 149 cm³/mol. The first-order valence-corrected chi connectivity index (χ1v) is 13.5. The molecule has 1 unspecified atom stereocenters. The number of pyridine rings is 1. The summed E-state index contributed by atoms with van der Waals surface area (Å²) in [5.41, 5.74) is 2.98. The minimum atomic E-state index is -1.40. The van der Waals surface area contributed by atoms with Gasteiger partial charge in [0.1, 0.15) is 29.5 Å². The Kier molecular flexibility index (Phi) is 8.25. The normalized spacial score (nSPS) is 19.5. The first kappa shape index (κ1) is 28.2. The molecule has 41 heavy (non-hydrogen) atoms. The van der Waals surface area contributed by atoms with E-state index in [0.717, 1.165) is 29.0 Å². The lowest BCUT2D eigenvalue weighted by Gasteiger charge is -2.26. The van der Waals surface area contributed by atoms with E-state index in [4.69, 9.17) is 0 Å². The number of nitrogens with zero attached hydrogens (tertiary/aromatic N) is 2. The third-order valence-electron chi connectivity index (χ3n) is 7.41. The molecule has 3 amide bonds. The summed E-state index contributed by atoms with van der Waals surface area (Å²) in [5.74, 6) is -2.20. The maximum atomic E-state index is 14.4. The molecule has 1 aromatic heterocycles. The highest BCUT2D eigenvalue weighted by Gasteiger charge is 2.40. The molecule has 214 valence electrons. The highest BCUT2D eigenvalue weighted by atomic mass is 19.1. The van der Waals surface area contributed by atoms with E-state index < -0.39 is 48.3 Å². The van der Waals surface area contributed by atoms with Crippen LogP contribution in [0.15, 0.2) is 54.6 Å². The molecule has 3 atom stereocenters. The largest absolute Gasteiger partial charge is 0.508 e. The zero-order valence-electron chi connectivity index (χ0n) is 22.5. The van der Waals surface area contributed by atoms with Crippen molar-refractivity contribution >= 4 is 34.2 Å². The Morgan fingerprint density at radius 1 is 1.17 bits per heavy atom. The van der Waals surface area contributed by atoms with E-state index in [9.17, 15) is 28.3 Å². The Morgan fingerprint density at radius 2 is 2.00 bits per heavy atom. The van der Waals surface area contributed by atoms with Crippen LogP contribution in [0.1, 0.15) is 47.4 Å². The fourth-order valence-corrected chi connectivity index (χ4v) is 5.23. The molecule has 3 aromatic rings. The molecule has 1 saturated heterocycles. The number of phenols is 1. The summed E-state index contributed by atoms with van der Waals surface area (Å²) >= 11 is 0. The smallest absolute Gasteiger partial charge is 0.270 e. The molecule has 11 heteroatoms. The van der Waals surface area contributed by atoms with Gasteiger partial charge < -0.3 is 26.0 Å². The van der Waals surface area contributed by atoms with Gasteiger partial charge in [-0.1, -0.05) is 18.2 Å². The SMILES string of the molecule is C[C@H](NC(=O)C1C[C@@H](F)CN1C(=O)CNC(=O)c1ccc2cc(F)ccc2n1)c1cc(C2=CCCNC2)ccc1O. The van der Waals surface area contributed by atoms with Crippen molar-refractivity contribution in [3.05, 3.63) is 77.2 Å². The Bertz CT molecular complexity index is 1530. The molecule has 3 heterocycles. The van der Waals surface area contributed by atoms with E-state index in [2.05, 4.69) is 27.0 Å². The average molecular weight is 564 g/mol. The number of halogens is 2. The highest BCUT2D eigenvalue weighted by molar-refractivity contribution is 5.97. The lowest BCUT2D eigenvalue weighted by atomic mass is 9.97. The fourth-order valence-electron chi connectivity index (χ4n) is 5.23. The van der Waals surface area contributed by atoms with Crippen molar-refractivity contribution in [3.63, 3.8) is 0 Å². The van der Waals surface area contributed by atoms with Crippen LogP contribution in [0.3, 0.4) is 0 Å². The topological polar surface area (TPSA) is 124 Å². The summed E-state index contributed by atoms with van der Waals surface area (Å²) in [6, 6.07) is 10.5. The van der Waals surface area contributed by atoms with Crippen LogP contribution in [0, 0.1) is 5.82 Å². The average Bonchev–Trinajstić information content (AvgIpc) is 3.38. The van der Waals surface area contributed by atoms with Gasteiger partial charge in [-0.05, 0) is 67.4 Å². The molecule has 2 aliphatic rings. The van der Waals surface area contributed by atoms with Crippen molar-refractivity contribution in [2.24, 2.45) is 0 Å². The van der Waals surface area contributed by atoms with Crippen molar-refractivity contribution in [1.29, 1.82) is 0 Å². The van der Waals surface area contributed by atoms with E-state index in [1.807, 2.05) is 12.1 Å². The summed E-state index contributed by atoms with van der Waals surface area (Å²) in [5, 5.41) is 19.6. The van der Waals surface area contributed by atoms with Gasteiger partial charge in [-0.2, -0.15) is 0 Å². The fraction of sp³-hybridized carbons (Fsp3) is 0.333. The number of phenolic OH excluding ortho intramolecular Hbond substituents is 1. The Hall–Kier alpha value is -4.38. The van der Waals surface area contributed by atoms with E-state index in [-0.39, 0.29) is 24.4 Å². The van der Waals surface area contributed by atoms with Crippen LogP contribution in [-0.4, -0.2) is 71.1 Å². The molecule has 0 saturated carbocycles. The second kappa shape index (κ2) is 12.0. The van der Waals surface area contributed by atoms with E-state index in [1.165, 1.54) is 24.3 Å². The van der Waals surface area contributed by atoms with Crippen molar-refractivity contribution in [3.8, 4) is 5.75 Å². The number of aromatic nitrogens is 1. The molecular formula is C30H31F2N5O4. The number of hydrogen-bond acceptors (Lipinski definition) is 6. The molecule has 9 nitrogen and oxygen atoms in total. The lowest BCUT2D eigenvalue weighted by Crippen LogP contribution is -2.49. The monoisotopic (exact) mass is 563 g/mol. The summed E-state index contributed by atoms with van der Waals surface area (Å²) in [4.78, 5) is 44.1. The van der Waals surface area contributed by atoms with Gasteiger partial charge in [-0.3, -0.25) is 14.4 Å². The quantitative estimate of drug-likeness (QED) is 0.351. The molecule has 1 fully saturated rings. The van der Waals surface area contributed by atoms with Crippen LogP contribution in [0.25, 0.3) is 16.5 Å². The van der Waals surface area contributed by atoms with Crippen LogP contribution in [0.5, 0.6) is 5.75 Å². The number of fused-ring (bicyclic) bond motifs is 1. The lowest BCUT2D eigenvalue weighted by molar-refractivity contribution is -0.138. The van der Waals surface area contributed by atoms with Crippen molar-refractivity contribution in [1.82, 2.24) is 25.8 Å². The number of aromatic hydroxyl groups is 1. The van der Waals surface area contributed by atoms with E-state index in [1.54, 1.807) is 19.1 Å². The first-order valence-electron chi connectivity index (χ1n) is 13.5. The van der Waals surface area contributed by atoms with Gasteiger partial charge in [0.05, 0.1) is 24.6 Å². The van der Waals surface area contributed by atoms with Crippen LogP contribution >= 0.6 is 0 Å². The maximum absolute atomic E-state index is 14.4. The zero-order chi connectivity index (χ0) is 29.1. The highest BCUT2D eigenvalue weighted by Crippen LogP contribution is 2.29. The molecule has 2 aromatic carbocycles. The van der Waals surface area contributed by atoms with Crippen molar-refractivity contribution < 1.29 is 28.3 Å². The number of carbonyl (C=O) groups excluding carboxylic acids is 3. The van der Waals surface area contributed by atoms with Crippen molar-refractivity contribution in [2.45, 2.75) is 38.0 Å². The van der Waals surface area contributed by atoms with Gasteiger partial charge in [0.25, 0.3) is 5.91 Å².